The molecule has 0 spiro atoms. The molecule has 1 aliphatic rings. The number of hydrogen-bond acceptors (Lipinski definition) is 3. The highest BCUT2D eigenvalue weighted by atomic mass is 79.9. The number of anilines is 2. The van der Waals surface area contributed by atoms with Crippen LogP contribution in [-0.2, 0) is 0 Å². The number of rotatable bonds is 3. The van der Waals surface area contributed by atoms with E-state index in [0.29, 0.717) is 21.9 Å². The average molecular weight is 359 g/mol. The van der Waals surface area contributed by atoms with E-state index in [1.165, 1.54) is 0 Å². The largest absolute Gasteiger partial charge is 0.339 e. The first-order valence-corrected chi connectivity index (χ1v) is 7.44. The van der Waals surface area contributed by atoms with Gasteiger partial charge in [0.15, 0.2) is 0 Å². The van der Waals surface area contributed by atoms with Crippen molar-refractivity contribution in [2.45, 2.75) is 18.8 Å². The molecule has 0 bridgehead atoms. The van der Waals surface area contributed by atoms with Crippen LogP contribution < -0.4 is 5.32 Å². The van der Waals surface area contributed by atoms with Crippen molar-refractivity contribution in [3.8, 4) is 0 Å². The molecule has 2 aromatic rings. The first-order chi connectivity index (χ1) is 9.13. The van der Waals surface area contributed by atoms with Gasteiger partial charge < -0.3 is 5.32 Å². The van der Waals surface area contributed by atoms with Crippen molar-refractivity contribution in [2.24, 2.45) is 0 Å². The molecule has 6 heteroatoms. The standard InChI is InChI=1S/C13H10BrCl2N3/c14-12-8(15)2-1-3-9(12)17-11-6-10(16)18-13(19-11)7-4-5-7/h1-3,6-7H,4-5H2,(H,17,18,19). The quantitative estimate of drug-likeness (QED) is 0.769. The van der Waals surface area contributed by atoms with Gasteiger partial charge in [0.2, 0.25) is 0 Å². The van der Waals surface area contributed by atoms with E-state index in [4.69, 9.17) is 23.2 Å². The lowest BCUT2D eigenvalue weighted by Gasteiger charge is -2.10. The summed E-state index contributed by atoms with van der Waals surface area (Å²) >= 11 is 15.5. The minimum atomic E-state index is 0.456. The van der Waals surface area contributed by atoms with E-state index in [2.05, 4.69) is 31.2 Å². The second kappa shape index (κ2) is 5.27. The number of benzene rings is 1. The van der Waals surface area contributed by atoms with Crippen LogP contribution in [0.3, 0.4) is 0 Å². The van der Waals surface area contributed by atoms with Crippen LogP contribution in [0.5, 0.6) is 0 Å². The molecule has 0 atom stereocenters. The van der Waals surface area contributed by atoms with Gasteiger partial charge in [0.1, 0.15) is 16.8 Å². The molecule has 3 nitrogen and oxygen atoms in total. The van der Waals surface area contributed by atoms with Gasteiger partial charge in [0.05, 0.1) is 15.2 Å². The SMILES string of the molecule is Clc1cc(Nc2cccc(Cl)c2Br)nc(C2CC2)n1. The monoisotopic (exact) mass is 357 g/mol. The van der Waals surface area contributed by atoms with Crippen molar-refractivity contribution in [3.63, 3.8) is 0 Å². The van der Waals surface area contributed by atoms with Crippen molar-refractivity contribution in [1.29, 1.82) is 0 Å². The summed E-state index contributed by atoms with van der Waals surface area (Å²) in [7, 11) is 0. The Labute approximate surface area is 129 Å². The third kappa shape index (κ3) is 3.02. The summed E-state index contributed by atoms with van der Waals surface area (Å²) in [6.07, 6.45) is 2.28. The Kier molecular flexibility index (Phi) is 3.65. The van der Waals surface area contributed by atoms with Crippen molar-refractivity contribution >= 4 is 50.6 Å². The Morgan fingerprint density at radius 2 is 2.00 bits per heavy atom. The van der Waals surface area contributed by atoms with E-state index >= 15 is 0 Å². The number of aromatic nitrogens is 2. The molecule has 1 fully saturated rings. The van der Waals surface area contributed by atoms with Crippen LogP contribution in [0.2, 0.25) is 10.2 Å². The van der Waals surface area contributed by atoms with Crippen LogP contribution in [0.15, 0.2) is 28.7 Å². The normalized spacial score (nSPS) is 14.5. The third-order valence-corrected chi connectivity index (χ3v) is 4.46. The predicted octanol–water partition coefficient (Wildman–Crippen LogP) is 5.17. The Bertz CT molecular complexity index is 629. The van der Waals surface area contributed by atoms with E-state index in [1.54, 1.807) is 6.07 Å². The van der Waals surface area contributed by atoms with Gasteiger partial charge in [-0.2, -0.15) is 0 Å². The van der Waals surface area contributed by atoms with E-state index in [-0.39, 0.29) is 0 Å². The maximum absolute atomic E-state index is 6.06. The van der Waals surface area contributed by atoms with Crippen molar-refractivity contribution in [2.75, 3.05) is 5.32 Å². The van der Waals surface area contributed by atoms with Gasteiger partial charge in [-0.05, 0) is 40.9 Å². The lowest BCUT2D eigenvalue weighted by molar-refractivity contribution is 0.930. The fraction of sp³-hybridized carbons (Fsp3) is 0.231. The van der Waals surface area contributed by atoms with E-state index in [9.17, 15) is 0 Å². The lowest BCUT2D eigenvalue weighted by Crippen LogP contribution is -2.00. The maximum Gasteiger partial charge on any atom is 0.135 e. The molecule has 19 heavy (non-hydrogen) atoms. The van der Waals surface area contributed by atoms with Crippen LogP contribution in [0, 0.1) is 0 Å². The minimum Gasteiger partial charge on any atom is -0.339 e. The molecule has 0 radical (unpaired) electrons. The number of hydrogen-bond donors (Lipinski definition) is 1. The van der Waals surface area contributed by atoms with Crippen molar-refractivity contribution < 1.29 is 0 Å². The zero-order chi connectivity index (χ0) is 13.4. The number of nitrogens with one attached hydrogen (secondary N) is 1. The molecule has 0 unspecified atom stereocenters. The highest BCUT2D eigenvalue weighted by molar-refractivity contribution is 9.10. The Morgan fingerprint density at radius 3 is 2.74 bits per heavy atom. The zero-order valence-electron chi connectivity index (χ0n) is 9.83. The molecule has 1 aromatic heterocycles. The fourth-order valence-electron chi connectivity index (χ4n) is 1.76. The second-order valence-electron chi connectivity index (χ2n) is 4.43. The van der Waals surface area contributed by atoms with E-state index in [0.717, 1.165) is 28.8 Å². The molecule has 1 saturated carbocycles. The fourth-order valence-corrected chi connectivity index (χ4v) is 2.49. The molecular formula is C13H10BrCl2N3. The molecule has 1 aliphatic carbocycles. The van der Waals surface area contributed by atoms with Gasteiger partial charge in [-0.1, -0.05) is 29.3 Å². The van der Waals surface area contributed by atoms with Crippen molar-refractivity contribution in [3.05, 3.63) is 44.7 Å². The predicted molar refractivity (Wildman–Crippen MR) is 81.5 cm³/mol. The Hall–Kier alpha value is -0.840. The molecule has 0 amide bonds. The van der Waals surface area contributed by atoms with Crippen LogP contribution in [0.25, 0.3) is 0 Å². The summed E-state index contributed by atoms with van der Waals surface area (Å²) < 4.78 is 0.805. The Balaban J connectivity index is 1.92. The molecule has 1 heterocycles. The highest BCUT2D eigenvalue weighted by Gasteiger charge is 2.27. The number of halogens is 3. The zero-order valence-corrected chi connectivity index (χ0v) is 12.9. The maximum atomic E-state index is 6.06. The second-order valence-corrected chi connectivity index (χ2v) is 6.02. The molecule has 0 aliphatic heterocycles. The van der Waals surface area contributed by atoms with Crippen LogP contribution in [-0.4, -0.2) is 9.97 Å². The molecule has 1 N–H and O–H groups in total. The summed E-state index contributed by atoms with van der Waals surface area (Å²) in [5.74, 6) is 1.96. The molecule has 1 aromatic carbocycles. The van der Waals surface area contributed by atoms with Gasteiger partial charge in [-0.3, -0.25) is 0 Å². The summed E-state index contributed by atoms with van der Waals surface area (Å²) in [5, 5.41) is 4.31. The van der Waals surface area contributed by atoms with Crippen LogP contribution >= 0.6 is 39.1 Å². The molecular weight excluding hydrogens is 349 g/mol. The smallest absolute Gasteiger partial charge is 0.135 e. The summed E-state index contributed by atoms with van der Waals surface area (Å²) in [5.41, 5.74) is 0.851. The number of nitrogens with zero attached hydrogens (tertiary/aromatic N) is 2. The Morgan fingerprint density at radius 1 is 1.21 bits per heavy atom. The summed E-state index contributed by atoms with van der Waals surface area (Å²) in [6.45, 7) is 0. The van der Waals surface area contributed by atoms with Crippen molar-refractivity contribution in [1.82, 2.24) is 9.97 Å². The van der Waals surface area contributed by atoms with E-state index < -0.39 is 0 Å². The van der Waals surface area contributed by atoms with Gasteiger partial charge in [0.25, 0.3) is 0 Å². The van der Waals surface area contributed by atoms with Gasteiger partial charge in [-0.15, -0.1) is 0 Å². The average Bonchev–Trinajstić information content (AvgIpc) is 3.18. The minimum absolute atomic E-state index is 0.456. The van der Waals surface area contributed by atoms with Crippen LogP contribution in [0.4, 0.5) is 11.5 Å². The molecule has 0 saturated heterocycles. The van der Waals surface area contributed by atoms with Gasteiger partial charge in [-0.25, -0.2) is 9.97 Å². The van der Waals surface area contributed by atoms with E-state index in [1.807, 2.05) is 18.2 Å². The third-order valence-electron chi connectivity index (χ3n) is 2.87. The summed E-state index contributed by atoms with van der Waals surface area (Å²) in [4.78, 5) is 8.75. The topological polar surface area (TPSA) is 37.8 Å². The molecule has 98 valence electrons. The van der Waals surface area contributed by atoms with Gasteiger partial charge >= 0.3 is 0 Å². The lowest BCUT2D eigenvalue weighted by atomic mass is 10.3. The first kappa shape index (κ1) is 13.2. The van der Waals surface area contributed by atoms with Crippen LogP contribution in [0.1, 0.15) is 24.6 Å². The molecule has 3 rings (SSSR count). The highest BCUT2D eigenvalue weighted by Crippen LogP contribution is 2.39. The first-order valence-electron chi connectivity index (χ1n) is 5.89. The van der Waals surface area contributed by atoms with Gasteiger partial charge in [0, 0.05) is 12.0 Å². The summed E-state index contributed by atoms with van der Waals surface area (Å²) in [6, 6.07) is 7.32.